The first-order valence-electron chi connectivity index (χ1n) is 11.0. The van der Waals surface area contributed by atoms with E-state index in [0.29, 0.717) is 18.5 Å². The Bertz CT molecular complexity index is 1040. The molecule has 1 amide bonds. The van der Waals surface area contributed by atoms with Crippen LogP contribution in [0.15, 0.2) is 60.7 Å². The molecule has 0 spiro atoms. The Hall–Kier alpha value is -3.25. The number of carbonyl (C=O) groups is 2. The number of carboxylic acid groups (broad SMARTS) is 1. The van der Waals surface area contributed by atoms with Crippen molar-refractivity contribution in [1.29, 1.82) is 0 Å². The number of hydrogen-bond acceptors (Lipinski definition) is 5. The van der Waals surface area contributed by atoms with Crippen molar-refractivity contribution < 1.29 is 24.3 Å². The summed E-state index contributed by atoms with van der Waals surface area (Å²) in [4.78, 5) is 43.6. The van der Waals surface area contributed by atoms with E-state index in [4.69, 9.17) is 4.84 Å². The van der Waals surface area contributed by atoms with E-state index in [1.165, 1.54) is 5.06 Å². The number of hydroxylamine groups is 1. The molecule has 0 aromatic heterocycles. The maximum Gasteiger partial charge on any atom is 0.320 e. The Morgan fingerprint density at radius 3 is 2.52 bits per heavy atom. The van der Waals surface area contributed by atoms with Crippen molar-refractivity contribution in [2.75, 3.05) is 5.06 Å². The number of nitrogens with one attached hydrogen (secondary N) is 1. The molecule has 2 aromatic rings. The average molecular weight is 451 g/mol. The molecule has 7 heteroatoms. The Kier molecular flexibility index (Phi) is 7.49. The van der Waals surface area contributed by atoms with E-state index < -0.39 is 29.1 Å². The summed E-state index contributed by atoms with van der Waals surface area (Å²) in [6, 6.07) is 15.8. The van der Waals surface area contributed by atoms with Crippen LogP contribution >= 0.6 is 0 Å². The zero-order chi connectivity index (χ0) is 24.1. The summed E-state index contributed by atoms with van der Waals surface area (Å²) in [6.07, 6.45) is 2.48. The average Bonchev–Trinajstić information content (AvgIpc) is 2.88. The van der Waals surface area contributed by atoms with E-state index in [0.717, 1.165) is 17.2 Å². The molecule has 7 nitrogen and oxygen atoms in total. The van der Waals surface area contributed by atoms with Crippen LogP contribution in [0, 0.1) is 0 Å². The fourth-order valence-electron chi connectivity index (χ4n) is 3.95. The van der Waals surface area contributed by atoms with Crippen LogP contribution in [0.5, 0.6) is 0 Å². The fraction of sp³-hybridized carbons (Fsp3) is 0.385. The lowest BCUT2D eigenvalue weighted by Crippen LogP contribution is -2.61. The molecule has 0 bridgehead atoms. The van der Waals surface area contributed by atoms with Crippen LogP contribution in [-0.4, -0.2) is 40.1 Å². The lowest BCUT2D eigenvalue weighted by molar-refractivity contribution is -0.142. The molecular formula is C26H30N2O5. The van der Waals surface area contributed by atoms with Crippen molar-refractivity contribution >= 4 is 23.5 Å². The summed E-state index contributed by atoms with van der Waals surface area (Å²) < 4.78 is 0. The highest BCUT2D eigenvalue weighted by Gasteiger charge is 2.46. The molecule has 0 aliphatic carbocycles. The number of rotatable bonds is 8. The summed E-state index contributed by atoms with van der Waals surface area (Å²) in [5.74, 6) is 0.0915. The molecule has 2 unspecified atom stereocenters. The molecule has 1 aliphatic heterocycles. The molecular weight excluding hydrogens is 420 g/mol. The standard InChI is InChI=1S/C26H30N2O5/c1-25(2,3)33-28-22-12-8-7-11-20(22)15-16-26(17-18-29,24(28)32)27-21(23(30)31)14-13-19-9-5-4-6-10-19/h4-12,17,21,27H,13-16H2,1-3H3,(H,30,31). The molecule has 0 fully saturated rings. The van der Waals surface area contributed by atoms with Gasteiger partial charge in [-0.15, -0.1) is 0 Å². The Labute approximate surface area is 194 Å². The lowest BCUT2D eigenvalue weighted by Gasteiger charge is -2.37. The number of para-hydroxylation sites is 1. The summed E-state index contributed by atoms with van der Waals surface area (Å²) in [6.45, 7) is 5.45. The first-order valence-corrected chi connectivity index (χ1v) is 11.0. The Morgan fingerprint density at radius 1 is 1.21 bits per heavy atom. The third-order valence-electron chi connectivity index (χ3n) is 5.53. The molecule has 2 N–H and O–H groups in total. The molecule has 2 atom stereocenters. The maximum atomic E-state index is 13.9. The van der Waals surface area contributed by atoms with Gasteiger partial charge in [-0.05, 0) is 63.6 Å². The molecule has 33 heavy (non-hydrogen) atoms. The van der Waals surface area contributed by atoms with E-state index in [1.54, 1.807) is 18.1 Å². The molecule has 0 saturated heterocycles. The second-order valence-corrected chi connectivity index (χ2v) is 9.22. The van der Waals surface area contributed by atoms with Crippen LogP contribution in [0.25, 0.3) is 0 Å². The molecule has 174 valence electrons. The van der Waals surface area contributed by atoms with Gasteiger partial charge in [0, 0.05) is 6.08 Å². The smallest absolute Gasteiger partial charge is 0.320 e. The summed E-state index contributed by atoms with van der Waals surface area (Å²) >= 11 is 0. The number of carbonyl (C=O) groups excluding carboxylic acids is 2. The zero-order valence-corrected chi connectivity index (χ0v) is 19.2. The Morgan fingerprint density at radius 2 is 1.88 bits per heavy atom. The summed E-state index contributed by atoms with van der Waals surface area (Å²) in [5.41, 5.74) is 0.156. The molecule has 1 heterocycles. The van der Waals surface area contributed by atoms with Gasteiger partial charge < -0.3 is 5.11 Å². The van der Waals surface area contributed by atoms with Crippen LogP contribution in [0.3, 0.4) is 0 Å². The third-order valence-corrected chi connectivity index (χ3v) is 5.53. The first-order chi connectivity index (χ1) is 15.6. The van der Waals surface area contributed by atoms with Gasteiger partial charge >= 0.3 is 5.97 Å². The number of fused-ring (bicyclic) bond motifs is 1. The topological polar surface area (TPSA) is 95.9 Å². The van der Waals surface area contributed by atoms with Crippen molar-refractivity contribution in [3.63, 3.8) is 0 Å². The van der Waals surface area contributed by atoms with Crippen LogP contribution in [0.1, 0.15) is 44.7 Å². The highest BCUT2D eigenvalue weighted by molar-refractivity contribution is 6.02. The predicted octanol–water partition coefficient (Wildman–Crippen LogP) is 3.50. The third kappa shape index (κ3) is 5.96. The van der Waals surface area contributed by atoms with Gasteiger partial charge in [0.05, 0.1) is 11.3 Å². The van der Waals surface area contributed by atoms with Gasteiger partial charge in [0.2, 0.25) is 0 Å². The maximum absolute atomic E-state index is 13.9. The van der Waals surface area contributed by atoms with Crippen LogP contribution in [0.2, 0.25) is 0 Å². The highest BCUT2D eigenvalue weighted by atomic mass is 16.7. The van der Waals surface area contributed by atoms with Gasteiger partial charge in [0.15, 0.2) is 0 Å². The molecule has 2 aromatic carbocycles. The lowest BCUT2D eigenvalue weighted by atomic mass is 9.89. The first kappa shape index (κ1) is 24.4. The monoisotopic (exact) mass is 450 g/mol. The van der Waals surface area contributed by atoms with E-state index in [-0.39, 0.29) is 12.8 Å². The number of carboxylic acids is 1. The normalized spacial score (nSPS) is 19.2. The van der Waals surface area contributed by atoms with Gasteiger partial charge in [-0.2, -0.15) is 5.06 Å². The SMILES string of the molecule is CC(C)(C)ON1C(=O)C(C=C=O)(NC(CCc2ccccc2)C(=O)O)CCc2ccccc21. The van der Waals surface area contributed by atoms with Crippen molar-refractivity contribution in [1.82, 2.24) is 5.32 Å². The van der Waals surface area contributed by atoms with Crippen molar-refractivity contribution in [3.05, 3.63) is 71.8 Å². The zero-order valence-electron chi connectivity index (χ0n) is 19.2. The van der Waals surface area contributed by atoms with Crippen molar-refractivity contribution in [2.24, 2.45) is 0 Å². The summed E-state index contributed by atoms with van der Waals surface area (Å²) in [7, 11) is 0. The Balaban J connectivity index is 1.97. The number of hydrogen-bond donors (Lipinski definition) is 2. The van der Waals surface area contributed by atoms with Crippen molar-refractivity contribution in [2.45, 2.75) is 63.6 Å². The molecule has 0 radical (unpaired) electrons. The minimum Gasteiger partial charge on any atom is -0.480 e. The van der Waals surface area contributed by atoms with Gasteiger partial charge in [-0.1, -0.05) is 48.5 Å². The van der Waals surface area contributed by atoms with E-state index >= 15 is 0 Å². The predicted molar refractivity (Wildman–Crippen MR) is 125 cm³/mol. The second-order valence-electron chi connectivity index (χ2n) is 9.22. The van der Waals surface area contributed by atoms with Gasteiger partial charge in [0.1, 0.15) is 17.5 Å². The number of anilines is 1. The van der Waals surface area contributed by atoms with E-state index in [2.05, 4.69) is 5.32 Å². The van der Waals surface area contributed by atoms with Crippen LogP contribution < -0.4 is 10.4 Å². The number of aliphatic carboxylic acids is 1. The number of aryl methyl sites for hydroxylation is 2. The van der Waals surface area contributed by atoms with E-state index in [9.17, 15) is 19.5 Å². The van der Waals surface area contributed by atoms with Gasteiger partial charge in [-0.3, -0.25) is 19.7 Å². The van der Waals surface area contributed by atoms with Gasteiger partial charge in [-0.25, -0.2) is 4.79 Å². The highest BCUT2D eigenvalue weighted by Crippen LogP contribution is 2.34. The van der Waals surface area contributed by atoms with Crippen molar-refractivity contribution in [3.8, 4) is 0 Å². The molecule has 3 rings (SSSR count). The number of amides is 1. The van der Waals surface area contributed by atoms with Gasteiger partial charge in [0.25, 0.3) is 5.91 Å². The minimum absolute atomic E-state index is 0.192. The van der Waals surface area contributed by atoms with Crippen LogP contribution in [0.4, 0.5) is 5.69 Å². The number of nitrogens with zero attached hydrogens (tertiary/aromatic N) is 1. The fourth-order valence-corrected chi connectivity index (χ4v) is 3.95. The minimum atomic E-state index is -1.58. The largest absolute Gasteiger partial charge is 0.480 e. The quantitative estimate of drug-likeness (QED) is 0.598. The molecule has 0 saturated carbocycles. The summed E-state index contributed by atoms with van der Waals surface area (Å²) in [5, 5.41) is 14.1. The number of benzene rings is 2. The second kappa shape index (κ2) is 10.1. The van der Waals surface area contributed by atoms with E-state index in [1.807, 2.05) is 63.2 Å². The molecule has 1 aliphatic rings. The van der Waals surface area contributed by atoms with Crippen LogP contribution in [-0.2, 0) is 32.1 Å².